The van der Waals surface area contributed by atoms with Crippen LogP contribution in [0.5, 0.6) is 5.75 Å². The Bertz CT molecular complexity index is 881. The fraction of sp³-hybridized carbons (Fsp3) is 0.478. The highest BCUT2D eigenvalue weighted by atomic mass is 32.2. The summed E-state index contributed by atoms with van der Waals surface area (Å²) in [5.74, 6) is 0.895. The van der Waals surface area contributed by atoms with E-state index >= 15 is 0 Å². The SMILES string of the molecule is CCCCCS(=O)(=O)Nc1ccc(OC2c3ccccc3CN2CCCC)cc1. The molecule has 158 valence electrons. The van der Waals surface area contributed by atoms with Crippen molar-refractivity contribution < 1.29 is 13.2 Å². The van der Waals surface area contributed by atoms with Crippen LogP contribution in [0.15, 0.2) is 48.5 Å². The Morgan fingerprint density at radius 2 is 1.72 bits per heavy atom. The number of sulfonamides is 1. The summed E-state index contributed by atoms with van der Waals surface area (Å²) in [5.41, 5.74) is 3.10. The van der Waals surface area contributed by atoms with Crippen LogP contribution in [-0.2, 0) is 16.6 Å². The quantitative estimate of drug-likeness (QED) is 0.504. The number of anilines is 1. The number of benzene rings is 2. The van der Waals surface area contributed by atoms with E-state index in [9.17, 15) is 8.42 Å². The van der Waals surface area contributed by atoms with E-state index in [-0.39, 0.29) is 12.0 Å². The number of nitrogens with zero attached hydrogens (tertiary/aromatic N) is 1. The number of hydrogen-bond acceptors (Lipinski definition) is 4. The van der Waals surface area contributed by atoms with Gasteiger partial charge in [0, 0.05) is 24.3 Å². The summed E-state index contributed by atoms with van der Waals surface area (Å²) in [4.78, 5) is 2.36. The van der Waals surface area contributed by atoms with E-state index < -0.39 is 10.0 Å². The number of ether oxygens (including phenoxy) is 1. The van der Waals surface area contributed by atoms with Gasteiger partial charge in [-0.1, -0.05) is 57.4 Å². The summed E-state index contributed by atoms with van der Waals surface area (Å²) in [6.45, 7) is 6.15. The van der Waals surface area contributed by atoms with Crippen molar-refractivity contribution in [1.29, 1.82) is 0 Å². The fourth-order valence-corrected chi connectivity index (χ4v) is 4.80. The van der Waals surface area contributed by atoms with Gasteiger partial charge in [-0.05, 0) is 42.7 Å². The summed E-state index contributed by atoms with van der Waals surface area (Å²) >= 11 is 0. The van der Waals surface area contributed by atoms with Crippen molar-refractivity contribution in [3.05, 3.63) is 59.7 Å². The average molecular weight is 417 g/mol. The second kappa shape index (κ2) is 10.1. The van der Waals surface area contributed by atoms with Crippen molar-refractivity contribution in [3.63, 3.8) is 0 Å². The lowest BCUT2D eigenvalue weighted by molar-refractivity contribution is 0.0347. The normalized spacial score (nSPS) is 16.6. The Morgan fingerprint density at radius 1 is 1.00 bits per heavy atom. The first-order valence-corrected chi connectivity index (χ1v) is 12.3. The number of nitrogens with one attached hydrogen (secondary N) is 1. The fourth-order valence-electron chi connectivity index (χ4n) is 3.62. The van der Waals surface area contributed by atoms with Gasteiger partial charge in [0.2, 0.25) is 10.0 Å². The largest absolute Gasteiger partial charge is 0.471 e. The maximum Gasteiger partial charge on any atom is 0.232 e. The highest BCUT2D eigenvalue weighted by Gasteiger charge is 2.31. The van der Waals surface area contributed by atoms with Gasteiger partial charge in [0.05, 0.1) is 5.75 Å². The van der Waals surface area contributed by atoms with Crippen LogP contribution in [0.4, 0.5) is 5.69 Å². The molecule has 0 aliphatic carbocycles. The van der Waals surface area contributed by atoms with E-state index in [1.807, 2.05) is 12.1 Å². The van der Waals surface area contributed by atoms with Crippen molar-refractivity contribution in [2.45, 2.75) is 58.7 Å². The molecule has 1 unspecified atom stereocenters. The van der Waals surface area contributed by atoms with E-state index in [2.05, 4.69) is 47.7 Å². The first-order valence-electron chi connectivity index (χ1n) is 10.6. The minimum atomic E-state index is -3.30. The summed E-state index contributed by atoms with van der Waals surface area (Å²) < 4.78 is 33.3. The minimum Gasteiger partial charge on any atom is -0.471 e. The van der Waals surface area contributed by atoms with E-state index in [0.29, 0.717) is 12.1 Å². The van der Waals surface area contributed by atoms with Gasteiger partial charge in [0.25, 0.3) is 0 Å². The van der Waals surface area contributed by atoms with Gasteiger partial charge < -0.3 is 4.74 Å². The Hall–Kier alpha value is -2.05. The van der Waals surface area contributed by atoms with Gasteiger partial charge in [-0.3, -0.25) is 9.62 Å². The molecule has 5 nitrogen and oxygen atoms in total. The molecule has 3 rings (SSSR count). The topological polar surface area (TPSA) is 58.6 Å². The lowest BCUT2D eigenvalue weighted by Gasteiger charge is -2.25. The molecular weight excluding hydrogens is 384 g/mol. The smallest absolute Gasteiger partial charge is 0.232 e. The molecule has 0 fully saturated rings. The lowest BCUT2D eigenvalue weighted by Crippen LogP contribution is -2.27. The predicted molar refractivity (Wildman–Crippen MR) is 119 cm³/mol. The maximum absolute atomic E-state index is 12.2. The molecule has 1 aliphatic rings. The van der Waals surface area contributed by atoms with Crippen LogP contribution >= 0.6 is 0 Å². The Labute approximate surface area is 175 Å². The van der Waals surface area contributed by atoms with Gasteiger partial charge in [0.15, 0.2) is 6.23 Å². The van der Waals surface area contributed by atoms with Crippen LogP contribution in [0.2, 0.25) is 0 Å². The number of fused-ring (bicyclic) bond motifs is 1. The molecule has 29 heavy (non-hydrogen) atoms. The molecular formula is C23H32N2O3S. The Morgan fingerprint density at radius 3 is 2.45 bits per heavy atom. The lowest BCUT2D eigenvalue weighted by atomic mass is 10.1. The maximum atomic E-state index is 12.2. The van der Waals surface area contributed by atoms with Gasteiger partial charge in [0.1, 0.15) is 5.75 Å². The van der Waals surface area contributed by atoms with Crippen molar-refractivity contribution >= 4 is 15.7 Å². The second-order valence-corrected chi connectivity index (χ2v) is 9.49. The van der Waals surface area contributed by atoms with Gasteiger partial charge in [-0.25, -0.2) is 8.42 Å². The zero-order valence-corrected chi connectivity index (χ0v) is 18.2. The molecule has 1 aliphatic heterocycles. The van der Waals surface area contributed by atoms with Crippen LogP contribution in [0.1, 0.15) is 63.3 Å². The zero-order valence-electron chi connectivity index (χ0n) is 17.4. The highest BCUT2D eigenvalue weighted by Crippen LogP contribution is 2.35. The third-order valence-electron chi connectivity index (χ3n) is 5.22. The standard InChI is InChI=1S/C23H32N2O3S/c1-3-5-9-17-29(26,27)24-20-12-14-21(15-13-20)28-23-22-11-8-7-10-19(22)18-25(23)16-6-4-2/h7-8,10-15,23-24H,3-6,9,16-18H2,1-2H3. The van der Waals surface area contributed by atoms with E-state index in [1.165, 1.54) is 11.1 Å². The molecule has 0 aromatic heterocycles. The minimum absolute atomic E-state index is 0.102. The van der Waals surface area contributed by atoms with Crippen LogP contribution in [0, 0.1) is 0 Å². The van der Waals surface area contributed by atoms with Crippen molar-refractivity contribution in [2.24, 2.45) is 0 Å². The summed E-state index contributed by atoms with van der Waals surface area (Å²) in [5, 5.41) is 0. The number of unbranched alkanes of at least 4 members (excludes halogenated alkanes) is 3. The van der Waals surface area contributed by atoms with Crippen molar-refractivity contribution in [2.75, 3.05) is 17.0 Å². The molecule has 1 N–H and O–H groups in total. The van der Waals surface area contributed by atoms with E-state index in [4.69, 9.17) is 4.74 Å². The van der Waals surface area contributed by atoms with E-state index in [0.717, 1.165) is 44.5 Å². The van der Waals surface area contributed by atoms with E-state index in [1.54, 1.807) is 12.1 Å². The van der Waals surface area contributed by atoms with Gasteiger partial charge in [-0.2, -0.15) is 0 Å². The molecule has 1 atom stereocenters. The third kappa shape index (κ3) is 5.97. The molecule has 0 saturated carbocycles. The Kier molecular flexibility index (Phi) is 7.56. The highest BCUT2D eigenvalue weighted by molar-refractivity contribution is 7.92. The van der Waals surface area contributed by atoms with Gasteiger partial charge in [-0.15, -0.1) is 0 Å². The van der Waals surface area contributed by atoms with Crippen LogP contribution in [0.3, 0.4) is 0 Å². The first-order chi connectivity index (χ1) is 14.0. The molecule has 6 heteroatoms. The van der Waals surface area contributed by atoms with Crippen LogP contribution < -0.4 is 9.46 Å². The van der Waals surface area contributed by atoms with Crippen LogP contribution in [0.25, 0.3) is 0 Å². The summed E-state index contributed by atoms with van der Waals surface area (Å²) in [7, 11) is -3.30. The van der Waals surface area contributed by atoms with Crippen molar-refractivity contribution in [3.8, 4) is 5.75 Å². The summed E-state index contributed by atoms with van der Waals surface area (Å²) in [6, 6.07) is 15.6. The molecule has 0 saturated heterocycles. The van der Waals surface area contributed by atoms with Gasteiger partial charge >= 0.3 is 0 Å². The molecule has 0 radical (unpaired) electrons. The summed E-state index contributed by atoms with van der Waals surface area (Å²) in [6.07, 6.45) is 4.78. The zero-order chi connectivity index (χ0) is 20.7. The first kappa shape index (κ1) is 21.7. The average Bonchev–Trinajstić information content (AvgIpc) is 3.05. The molecule has 2 aromatic rings. The number of hydrogen-bond donors (Lipinski definition) is 1. The van der Waals surface area contributed by atoms with Crippen LogP contribution in [-0.4, -0.2) is 25.6 Å². The molecule has 0 spiro atoms. The molecule has 1 heterocycles. The second-order valence-electron chi connectivity index (χ2n) is 7.65. The molecule has 0 amide bonds. The monoisotopic (exact) mass is 416 g/mol. The Balaban J connectivity index is 1.66. The van der Waals surface area contributed by atoms with Crippen molar-refractivity contribution in [1.82, 2.24) is 4.90 Å². The molecule has 2 aromatic carbocycles. The molecule has 0 bridgehead atoms. The predicted octanol–water partition coefficient (Wildman–Crippen LogP) is 5.31. The third-order valence-corrected chi connectivity index (χ3v) is 6.59. The number of rotatable bonds is 11.